The van der Waals surface area contributed by atoms with Crippen molar-refractivity contribution >= 4 is 5.69 Å². The molecule has 1 saturated heterocycles. The summed E-state index contributed by atoms with van der Waals surface area (Å²) in [7, 11) is 1.82. The van der Waals surface area contributed by atoms with Crippen molar-refractivity contribution in [3.05, 3.63) is 29.3 Å². The molecule has 3 heteroatoms. The molecule has 1 atom stereocenters. The van der Waals surface area contributed by atoms with Crippen molar-refractivity contribution in [3.8, 4) is 0 Å². The second-order valence-corrected chi connectivity index (χ2v) is 6.58. The van der Waals surface area contributed by atoms with E-state index in [1.807, 2.05) is 7.11 Å². The molecule has 0 saturated carbocycles. The fourth-order valence-corrected chi connectivity index (χ4v) is 2.94. The smallest absolute Gasteiger partial charge is 0.0746 e. The second-order valence-electron chi connectivity index (χ2n) is 6.58. The predicted molar refractivity (Wildman–Crippen MR) is 90.0 cm³/mol. The summed E-state index contributed by atoms with van der Waals surface area (Å²) in [6.07, 6.45) is 2.78. The maximum Gasteiger partial charge on any atom is 0.0746 e. The zero-order valence-corrected chi connectivity index (χ0v) is 14.0. The van der Waals surface area contributed by atoms with Gasteiger partial charge < -0.3 is 15.0 Å². The van der Waals surface area contributed by atoms with Gasteiger partial charge in [0, 0.05) is 32.4 Å². The number of nitrogens with one attached hydrogen (secondary N) is 1. The molecule has 1 N–H and O–H groups in total. The Labute approximate surface area is 129 Å². The number of methoxy groups -OCH3 is 1. The minimum absolute atomic E-state index is 0.381. The van der Waals surface area contributed by atoms with Gasteiger partial charge >= 0.3 is 0 Å². The standard InChI is InChI=1S/C18H30N2O/c1-14(2)11-19-12-16-7-8-17(10-15(16)3)20-9-5-6-18(13-20)21-4/h7-8,10,14,18-19H,5-6,9,11-13H2,1-4H3. The molecular formula is C18H30N2O. The number of hydrogen-bond donors (Lipinski definition) is 1. The second kappa shape index (κ2) is 7.81. The molecule has 0 radical (unpaired) electrons. The first-order chi connectivity index (χ1) is 10.1. The van der Waals surface area contributed by atoms with Crippen LogP contribution in [-0.4, -0.2) is 32.8 Å². The normalized spacial score (nSPS) is 19.3. The molecule has 1 aromatic carbocycles. The first-order valence-corrected chi connectivity index (χ1v) is 8.18. The van der Waals surface area contributed by atoms with Crippen molar-refractivity contribution in [1.29, 1.82) is 0 Å². The van der Waals surface area contributed by atoms with E-state index in [4.69, 9.17) is 4.74 Å². The summed E-state index contributed by atoms with van der Waals surface area (Å²) in [6, 6.07) is 6.86. The number of aryl methyl sites for hydroxylation is 1. The molecule has 1 fully saturated rings. The van der Waals surface area contributed by atoms with E-state index in [-0.39, 0.29) is 0 Å². The summed E-state index contributed by atoms with van der Waals surface area (Å²) in [4.78, 5) is 2.45. The summed E-state index contributed by atoms with van der Waals surface area (Å²) >= 11 is 0. The fraction of sp³-hybridized carbons (Fsp3) is 0.667. The van der Waals surface area contributed by atoms with Crippen LogP contribution in [0, 0.1) is 12.8 Å². The summed E-state index contributed by atoms with van der Waals surface area (Å²) in [5, 5.41) is 3.52. The Morgan fingerprint density at radius 3 is 2.86 bits per heavy atom. The Kier molecular flexibility index (Phi) is 6.07. The first kappa shape index (κ1) is 16.3. The molecule has 0 aliphatic carbocycles. The number of hydrogen-bond acceptors (Lipinski definition) is 3. The van der Waals surface area contributed by atoms with E-state index in [0.717, 1.165) is 26.2 Å². The lowest BCUT2D eigenvalue weighted by Gasteiger charge is -2.34. The Hall–Kier alpha value is -1.06. The minimum atomic E-state index is 0.381. The van der Waals surface area contributed by atoms with Gasteiger partial charge in [-0.3, -0.25) is 0 Å². The Morgan fingerprint density at radius 1 is 1.38 bits per heavy atom. The number of anilines is 1. The largest absolute Gasteiger partial charge is 0.380 e. The van der Waals surface area contributed by atoms with Gasteiger partial charge in [0.1, 0.15) is 0 Å². The molecule has 1 aliphatic rings. The highest BCUT2D eigenvalue weighted by Gasteiger charge is 2.19. The molecule has 0 aromatic heterocycles. The van der Waals surface area contributed by atoms with Gasteiger partial charge in [-0.25, -0.2) is 0 Å². The Bertz CT molecular complexity index is 445. The Balaban J connectivity index is 1.97. The maximum absolute atomic E-state index is 5.52. The van der Waals surface area contributed by atoms with Crippen LogP contribution in [-0.2, 0) is 11.3 Å². The fourth-order valence-electron chi connectivity index (χ4n) is 2.94. The van der Waals surface area contributed by atoms with Crippen LogP contribution in [0.15, 0.2) is 18.2 Å². The van der Waals surface area contributed by atoms with Crippen LogP contribution in [0.3, 0.4) is 0 Å². The van der Waals surface area contributed by atoms with Crippen LogP contribution >= 0.6 is 0 Å². The zero-order chi connectivity index (χ0) is 15.2. The van der Waals surface area contributed by atoms with Crippen LogP contribution in [0.4, 0.5) is 5.69 Å². The monoisotopic (exact) mass is 290 g/mol. The number of ether oxygens (including phenoxy) is 1. The average molecular weight is 290 g/mol. The number of piperidine rings is 1. The van der Waals surface area contributed by atoms with Gasteiger partial charge in [-0.15, -0.1) is 0 Å². The van der Waals surface area contributed by atoms with Gasteiger partial charge in [-0.1, -0.05) is 19.9 Å². The molecule has 1 aliphatic heterocycles. The van der Waals surface area contributed by atoms with E-state index >= 15 is 0 Å². The third-order valence-electron chi connectivity index (χ3n) is 4.27. The highest BCUT2D eigenvalue weighted by molar-refractivity contribution is 5.51. The van der Waals surface area contributed by atoms with E-state index in [9.17, 15) is 0 Å². The number of rotatable bonds is 6. The Morgan fingerprint density at radius 2 is 2.19 bits per heavy atom. The van der Waals surface area contributed by atoms with E-state index in [1.54, 1.807) is 0 Å². The molecule has 1 heterocycles. The quantitative estimate of drug-likeness (QED) is 0.869. The molecule has 0 amide bonds. The van der Waals surface area contributed by atoms with Crippen LogP contribution < -0.4 is 10.2 Å². The molecule has 21 heavy (non-hydrogen) atoms. The molecule has 1 unspecified atom stereocenters. The maximum atomic E-state index is 5.52. The van der Waals surface area contributed by atoms with Crippen LogP contribution in [0.25, 0.3) is 0 Å². The molecular weight excluding hydrogens is 260 g/mol. The van der Waals surface area contributed by atoms with Crippen LogP contribution in [0.2, 0.25) is 0 Å². The van der Waals surface area contributed by atoms with Gasteiger partial charge in [-0.05, 0) is 55.5 Å². The van der Waals surface area contributed by atoms with Gasteiger partial charge in [0.15, 0.2) is 0 Å². The highest BCUT2D eigenvalue weighted by atomic mass is 16.5. The lowest BCUT2D eigenvalue weighted by molar-refractivity contribution is 0.0893. The lowest BCUT2D eigenvalue weighted by Crippen LogP contribution is -2.39. The highest BCUT2D eigenvalue weighted by Crippen LogP contribution is 2.23. The third-order valence-corrected chi connectivity index (χ3v) is 4.27. The molecule has 0 bridgehead atoms. The summed E-state index contributed by atoms with van der Waals surface area (Å²) < 4.78 is 5.52. The topological polar surface area (TPSA) is 24.5 Å². The van der Waals surface area contributed by atoms with Gasteiger partial charge in [-0.2, -0.15) is 0 Å². The summed E-state index contributed by atoms with van der Waals surface area (Å²) in [5.41, 5.74) is 4.12. The van der Waals surface area contributed by atoms with Crippen molar-refractivity contribution in [3.63, 3.8) is 0 Å². The van der Waals surface area contributed by atoms with Crippen LogP contribution in [0.5, 0.6) is 0 Å². The molecule has 0 spiro atoms. The first-order valence-electron chi connectivity index (χ1n) is 8.18. The van der Waals surface area contributed by atoms with Crippen molar-refractivity contribution < 1.29 is 4.74 Å². The summed E-state index contributed by atoms with van der Waals surface area (Å²) in [6.45, 7) is 10.9. The van der Waals surface area contributed by atoms with Crippen molar-refractivity contribution in [2.45, 2.75) is 46.3 Å². The SMILES string of the molecule is COC1CCCN(c2ccc(CNCC(C)C)c(C)c2)C1. The van der Waals surface area contributed by atoms with Gasteiger partial charge in [0.05, 0.1) is 6.10 Å². The minimum Gasteiger partial charge on any atom is -0.380 e. The summed E-state index contributed by atoms with van der Waals surface area (Å²) in [5.74, 6) is 0.698. The zero-order valence-electron chi connectivity index (χ0n) is 14.0. The molecule has 118 valence electrons. The lowest BCUT2D eigenvalue weighted by atomic mass is 10.0. The number of benzene rings is 1. The van der Waals surface area contributed by atoms with Crippen LogP contribution in [0.1, 0.15) is 37.8 Å². The molecule has 2 rings (SSSR count). The third kappa shape index (κ3) is 4.72. The van der Waals surface area contributed by atoms with Crippen molar-refractivity contribution in [1.82, 2.24) is 5.32 Å². The van der Waals surface area contributed by atoms with E-state index in [2.05, 4.69) is 49.2 Å². The van der Waals surface area contributed by atoms with Crippen molar-refractivity contribution in [2.24, 2.45) is 5.92 Å². The van der Waals surface area contributed by atoms with Gasteiger partial charge in [0.2, 0.25) is 0 Å². The molecule has 3 nitrogen and oxygen atoms in total. The average Bonchev–Trinajstić information content (AvgIpc) is 2.48. The van der Waals surface area contributed by atoms with Crippen molar-refractivity contribution in [2.75, 3.05) is 31.6 Å². The predicted octanol–water partition coefficient (Wildman–Crippen LogP) is 3.36. The van der Waals surface area contributed by atoms with E-state index < -0.39 is 0 Å². The molecule has 1 aromatic rings. The number of nitrogens with zero attached hydrogens (tertiary/aromatic N) is 1. The van der Waals surface area contributed by atoms with E-state index in [0.29, 0.717) is 12.0 Å². The van der Waals surface area contributed by atoms with Gasteiger partial charge in [0.25, 0.3) is 0 Å². The van der Waals surface area contributed by atoms with E-state index in [1.165, 1.54) is 29.7 Å².